The monoisotopic (exact) mass is 450 g/mol. The lowest BCUT2D eigenvalue weighted by Gasteiger charge is -2.18. The zero-order valence-corrected chi connectivity index (χ0v) is 17.7. The quantitative estimate of drug-likeness (QED) is 0.440. The second-order valence-electron chi connectivity index (χ2n) is 7.32. The Kier molecular flexibility index (Phi) is 4.59. The average Bonchev–Trinajstić information content (AvgIpc) is 3.28. The number of rotatable bonds is 4. The van der Waals surface area contributed by atoms with E-state index in [2.05, 4.69) is 10.1 Å². The standard InChI is InChI=1S/C23H16F2N4O4/c1-11-19-20-14(10-26-21(19)29(27-11)12-4-6-15(24)16(25)8-12)22(30)28(23(20)31)17-7-5-13(32-2)9-18(17)33-3/h4-10H,1-3H3. The molecule has 2 aromatic carbocycles. The number of aryl methyl sites for hydroxylation is 1. The fourth-order valence-corrected chi connectivity index (χ4v) is 3.95. The number of fused-ring (bicyclic) bond motifs is 3. The molecule has 0 fully saturated rings. The topological polar surface area (TPSA) is 86.5 Å². The summed E-state index contributed by atoms with van der Waals surface area (Å²) in [6.45, 7) is 1.65. The summed E-state index contributed by atoms with van der Waals surface area (Å²) in [6, 6.07) is 8.05. The first-order valence-corrected chi connectivity index (χ1v) is 9.80. The van der Waals surface area contributed by atoms with Gasteiger partial charge in [0.05, 0.1) is 47.8 Å². The van der Waals surface area contributed by atoms with Crippen molar-refractivity contribution in [2.75, 3.05) is 19.1 Å². The number of carbonyl (C=O) groups excluding carboxylic acids is 2. The van der Waals surface area contributed by atoms with Gasteiger partial charge in [0.2, 0.25) is 0 Å². The molecule has 0 bridgehead atoms. The van der Waals surface area contributed by atoms with E-state index in [9.17, 15) is 18.4 Å². The Bertz CT molecular complexity index is 1480. The molecule has 5 rings (SSSR count). The summed E-state index contributed by atoms with van der Waals surface area (Å²) in [5, 5.41) is 4.72. The van der Waals surface area contributed by atoms with E-state index in [1.807, 2.05) is 0 Å². The van der Waals surface area contributed by atoms with Crippen molar-refractivity contribution in [1.82, 2.24) is 14.8 Å². The van der Waals surface area contributed by atoms with Crippen molar-refractivity contribution in [3.8, 4) is 17.2 Å². The van der Waals surface area contributed by atoms with Crippen LogP contribution in [0.15, 0.2) is 42.6 Å². The van der Waals surface area contributed by atoms with Gasteiger partial charge in [-0.15, -0.1) is 0 Å². The van der Waals surface area contributed by atoms with Crippen molar-refractivity contribution >= 4 is 28.5 Å². The second-order valence-corrected chi connectivity index (χ2v) is 7.32. The molecule has 0 N–H and O–H groups in total. The number of pyridine rings is 1. The normalized spacial score (nSPS) is 13.1. The molecule has 33 heavy (non-hydrogen) atoms. The highest BCUT2D eigenvalue weighted by molar-refractivity contribution is 6.37. The number of ether oxygens (including phenoxy) is 2. The Balaban J connectivity index is 1.69. The van der Waals surface area contributed by atoms with Crippen LogP contribution >= 0.6 is 0 Å². The van der Waals surface area contributed by atoms with E-state index in [0.29, 0.717) is 16.8 Å². The van der Waals surface area contributed by atoms with Gasteiger partial charge in [0.1, 0.15) is 11.5 Å². The second kappa shape index (κ2) is 7.37. The van der Waals surface area contributed by atoms with Crippen molar-refractivity contribution in [1.29, 1.82) is 0 Å². The maximum absolute atomic E-state index is 13.8. The van der Waals surface area contributed by atoms with Crippen LogP contribution in [0.1, 0.15) is 26.4 Å². The predicted octanol–water partition coefficient (Wildman–Crippen LogP) is 3.82. The van der Waals surface area contributed by atoms with E-state index in [0.717, 1.165) is 17.0 Å². The minimum Gasteiger partial charge on any atom is -0.497 e. The lowest BCUT2D eigenvalue weighted by atomic mass is 10.1. The summed E-state index contributed by atoms with van der Waals surface area (Å²) in [6.07, 6.45) is 1.28. The number of benzene rings is 2. The third-order valence-electron chi connectivity index (χ3n) is 5.50. The number of methoxy groups -OCH3 is 2. The van der Waals surface area contributed by atoms with Crippen molar-refractivity contribution in [2.45, 2.75) is 6.92 Å². The highest BCUT2D eigenvalue weighted by Gasteiger charge is 2.41. The van der Waals surface area contributed by atoms with E-state index in [1.165, 1.54) is 31.2 Å². The fourth-order valence-electron chi connectivity index (χ4n) is 3.95. The Labute approximate surface area is 186 Å². The molecule has 2 amide bonds. The van der Waals surface area contributed by atoms with E-state index in [4.69, 9.17) is 9.47 Å². The van der Waals surface area contributed by atoms with Gasteiger partial charge in [0, 0.05) is 18.3 Å². The summed E-state index contributed by atoms with van der Waals surface area (Å²) >= 11 is 0. The molecular weight excluding hydrogens is 434 g/mol. The fraction of sp³-hybridized carbons (Fsp3) is 0.130. The smallest absolute Gasteiger partial charge is 0.267 e. The van der Waals surface area contributed by atoms with Gasteiger partial charge in [0.15, 0.2) is 17.3 Å². The Morgan fingerprint density at radius 3 is 2.42 bits per heavy atom. The number of carbonyl (C=O) groups is 2. The minimum absolute atomic E-state index is 0.110. The lowest BCUT2D eigenvalue weighted by Crippen LogP contribution is -2.29. The molecular formula is C23H16F2N4O4. The van der Waals surface area contributed by atoms with Crippen LogP contribution < -0.4 is 14.4 Å². The van der Waals surface area contributed by atoms with Crippen molar-refractivity contribution < 1.29 is 27.8 Å². The van der Waals surface area contributed by atoms with Crippen LogP contribution in [0.25, 0.3) is 16.7 Å². The van der Waals surface area contributed by atoms with Gasteiger partial charge in [-0.05, 0) is 31.2 Å². The summed E-state index contributed by atoms with van der Waals surface area (Å²) in [5.41, 5.74) is 1.37. The average molecular weight is 450 g/mol. The molecule has 8 nitrogen and oxygen atoms in total. The van der Waals surface area contributed by atoms with Gasteiger partial charge in [-0.3, -0.25) is 9.59 Å². The number of anilines is 1. The zero-order valence-electron chi connectivity index (χ0n) is 17.7. The molecule has 1 aliphatic rings. The van der Waals surface area contributed by atoms with Crippen LogP contribution in [-0.4, -0.2) is 40.8 Å². The number of nitrogens with zero attached hydrogens (tertiary/aromatic N) is 4. The molecule has 166 valence electrons. The van der Waals surface area contributed by atoms with E-state index in [1.54, 1.807) is 25.1 Å². The first kappa shape index (κ1) is 20.6. The van der Waals surface area contributed by atoms with Crippen molar-refractivity contribution in [3.63, 3.8) is 0 Å². The van der Waals surface area contributed by atoms with Crippen molar-refractivity contribution in [2.24, 2.45) is 0 Å². The van der Waals surface area contributed by atoms with Gasteiger partial charge in [0.25, 0.3) is 11.8 Å². The Morgan fingerprint density at radius 1 is 0.939 bits per heavy atom. The molecule has 0 radical (unpaired) electrons. The van der Waals surface area contributed by atoms with Gasteiger partial charge < -0.3 is 9.47 Å². The Morgan fingerprint density at radius 2 is 1.73 bits per heavy atom. The highest BCUT2D eigenvalue weighted by Crippen LogP contribution is 2.39. The maximum atomic E-state index is 13.8. The van der Waals surface area contributed by atoms with E-state index in [-0.39, 0.29) is 33.9 Å². The van der Waals surface area contributed by atoms with Crippen LogP contribution in [0.3, 0.4) is 0 Å². The molecule has 0 spiro atoms. The van der Waals surface area contributed by atoms with Gasteiger partial charge in [-0.25, -0.2) is 23.3 Å². The Hall–Kier alpha value is -4.34. The molecule has 1 aliphatic heterocycles. The number of imide groups is 1. The van der Waals surface area contributed by atoms with Crippen LogP contribution in [0.4, 0.5) is 14.5 Å². The molecule has 0 saturated heterocycles. The van der Waals surface area contributed by atoms with Crippen LogP contribution in [0, 0.1) is 18.6 Å². The highest BCUT2D eigenvalue weighted by atomic mass is 19.2. The molecule has 0 saturated carbocycles. The van der Waals surface area contributed by atoms with Gasteiger partial charge in [-0.2, -0.15) is 5.10 Å². The van der Waals surface area contributed by atoms with Gasteiger partial charge in [-0.1, -0.05) is 0 Å². The molecule has 2 aromatic heterocycles. The molecule has 10 heteroatoms. The first-order valence-electron chi connectivity index (χ1n) is 9.80. The molecule has 4 aromatic rings. The summed E-state index contributed by atoms with van der Waals surface area (Å²) < 4.78 is 39.1. The largest absolute Gasteiger partial charge is 0.497 e. The number of hydrogen-bond acceptors (Lipinski definition) is 6. The minimum atomic E-state index is -1.04. The summed E-state index contributed by atoms with van der Waals surface area (Å²) in [5.74, 6) is -2.39. The summed E-state index contributed by atoms with van der Waals surface area (Å²) in [4.78, 5) is 32.0. The van der Waals surface area contributed by atoms with Crippen LogP contribution in [0.5, 0.6) is 11.5 Å². The number of amides is 2. The van der Waals surface area contributed by atoms with E-state index >= 15 is 0 Å². The van der Waals surface area contributed by atoms with Crippen molar-refractivity contribution in [3.05, 3.63) is 71.1 Å². The number of halogens is 2. The lowest BCUT2D eigenvalue weighted by molar-refractivity contribution is 0.0925. The SMILES string of the molecule is COc1ccc(N2C(=O)c3cnc4c(c(C)nn4-c4ccc(F)c(F)c4)c3C2=O)c(OC)c1. The van der Waals surface area contributed by atoms with E-state index < -0.39 is 23.4 Å². The maximum Gasteiger partial charge on any atom is 0.267 e. The van der Waals surface area contributed by atoms with Gasteiger partial charge >= 0.3 is 0 Å². The molecule has 3 heterocycles. The van der Waals surface area contributed by atoms with Crippen LogP contribution in [-0.2, 0) is 0 Å². The molecule has 0 atom stereocenters. The molecule has 0 unspecified atom stereocenters. The number of aromatic nitrogens is 3. The van der Waals surface area contributed by atoms with Crippen LogP contribution in [0.2, 0.25) is 0 Å². The third kappa shape index (κ3) is 2.94. The summed E-state index contributed by atoms with van der Waals surface area (Å²) in [7, 11) is 2.92. The first-order chi connectivity index (χ1) is 15.8. The molecule has 0 aliphatic carbocycles. The predicted molar refractivity (Wildman–Crippen MR) is 114 cm³/mol. The third-order valence-corrected chi connectivity index (χ3v) is 5.50. The number of hydrogen-bond donors (Lipinski definition) is 0. The zero-order chi connectivity index (χ0) is 23.4.